The minimum atomic E-state index is -0.908. The van der Waals surface area contributed by atoms with Gasteiger partial charge in [0.2, 0.25) is 11.8 Å². The molecule has 0 spiro atoms. The molecule has 3 saturated carbocycles. The summed E-state index contributed by atoms with van der Waals surface area (Å²) in [5.41, 5.74) is 2.82. The Balaban J connectivity index is 0.952. The van der Waals surface area contributed by atoms with E-state index in [9.17, 15) is 34.8 Å². The van der Waals surface area contributed by atoms with Crippen molar-refractivity contribution in [2.24, 2.45) is 40.9 Å². The van der Waals surface area contributed by atoms with Gasteiger partial charge in [0.25, 0.3) is 0 Å². The molecule has 12 nitrogen and oxygen atoms in total. The number of fused-ring (bicyclic) bond motifs is 3. The second kappa shape index (κ2) is 21.9. The number of benzene rings is 2. The molecule has 0 saturated heterocycles. The fourth-order valence-corrected chi connectivity index (χ4v) is 11.9. The van der Waals surface area contributed by atoms with Crippen molar-refractivity contribution in [3.8, 4) is 0 Å². The van der Waals surface area contributed by atoms with Gasteiger partial charge in [-0.1, -0.05) is 81.8 Å². The van der Waals surface area contributed by atoms with Gasteiger partial charge in [-0.15, -0.1) is 0 Å². The lowest BCUT2D eigenvalue weighted by Gasteiger charge is -2.58. The summed E-state index contributed by atoms with van der Waals surface area (Å²) in [6, 6.07) is 27.8. The van der Waals surface area contributed by atoms with Gasteiger partial charge < -0.3 is 36.4 Å². The van der Waals surface area contributed by atoms with Gasteiger partial charge in [0.1, 0.15) is 5.82 Å². The molecule has 3 fully saturated rings. The molecular weight excluding hydrogens is 819 g/mol. The summed E-state index contributed by atoms with van der Waals surface area (Å²) in [7, 11) is 0. The summed E-state index contributed by atoms with van der Waals surface area (Å²) in [6.07, 6.45) is 8.59. The predicted octanol–water partition coefficient (Wildman–Crippen LogP) is 8.84. The standard InChI is InChI=1S/C53H69N5O7/c1-33(16-24-48(63)64)37-17-15-34(2)49-42(32-41(59)29-37)53(3)26-25-40(30-38(53)31-44(49)60)57-47(62)23-22-46(61)56-39-20-18-35(19-21-39)51(58-45-14-8-10-28-55-45)50(43-13-7-9-27-54-43)52(65)36-11-5-4-6-12-36/h4-14,18-21,27-28,33-34,37-38,40-42,44,49-52,59-60,65H,15-17,22-26,29-32H2,1-3H3,(H,55,58)(H,56,61)(H,57,62)(H,63,64)/t33-,34+,37+,38+,40+,41-,42+,44-,49+,50?,51?,52?,53+/m1/s1. The van der Waals surface area contributed by atoms with Gasteiger partial charge in [-0.25, -0.2) is 4.98 Å². The molecule has 2 aromatic heterocycles. The number of nitrogens with zero attached hydrogens (tertiary/aromatic N) is 2. The van der Waals surface area contributed by atoms with Gasteiger partial charge >= 0.3 is 5.97 Å². The average Bonchev–Trinajstić information content (AvgIpc) is 3.37. The summed E-state index contributed by atoms with van der Waals surface area (Å²) in [4.78, 5) is 47.0. The molecule has 13 atom stereocenters. The zero-order valence-corrected chi connectivity index (χ0v) is 38.1. The normalized spacial score (nSPS) is 28.6. The van der Waals surface area contributed by atoms with E-state index < -0.39 is 36.2 Å². The highest BCUT2D eigenvalue weighted by Gasteiger charge is 2.55. The third kappa shape index (κ3) is 12.0. The highest BCUT2D eigenvalue weighted by atomic mass is 16.4. The Hall–Kier alpha value is -5.17. The molecule has 2 amide bonds. The summed E-state index contributed by atoms with van der Waals surface area (Å²) >= 11 is 0. The second-order valence-electron chi connectivity index (χ2n) is 19.7. The van der Waals surface area contributed by atoms with Crippen LogP contribution < -0.4 is 16.0 Å². The minimum Gasteiger partial charge on any atom is -0.481 e. The van der Waals surface area contributed by atoms with E-state index in [2.05, 4.69) is 46.7 Å². The summed E-state index contributed by atoms with van der Waals surface area (Å²) in [6.45, 7) is 6.70. The van der Waals surface area contributed by atoms with Crippen LogP contribution >= 0.6 is 0 Å². The van der Waals surface area contributed by atoms with E-state index in [0.717, 1.165) is 43.2 Å². The molecule has 12 heteroatoms. The fourth-order valence-electron chi connectivity index (χ4n) is 11.9. The van der Waals surface area contributed by atoms with Crippen LogP contribution in [-0.2, 0) is 14.4 Å². The van der Waals surface area contributed by atoms with Crippen LogP contribution in [0, 0.1) is 40.9 Å². The first kappa shape index (κ1) is 47.8. The zero-order valence-electron chi connectivity index (χ0n) is 38.1. The van der Waals surface area contributed by atoms with Gasteiger partial charge in [-0.3, -0.25) is 19.4 Å². The quantitative estimate of drug-likeness (QED) is 0.0572. The number of carbonyl (C=O) groups excluding carboxylic acids is 2. The van der Waals surface area contributed by atoms with Gasteiger partial charge in [-0.05, 0) is 140 Å². The number of hydrogen-bond donors (Lipinski definition) is 7. The van der Waals surface area contributed by atoms with Crippen LogP contribution in [0.1, 0.15) is 133 Å². The monoisotopic (exact) mass is 888 g/mol. The largest absolute Gasteiger partial charge is 0.481 e. The Morgan fingerprint density at radius 3 is 2.18 bits per heavy atom. The van der Waals surface area contributed by atoms with E-state index in [0.29, 0.717) is 42.9 Å². The summed E-state index contributed by atoms with van der Waals surface area (Å²) in [5, 5.41) is 54.1. The number of aliphatic hydroxyl groups is 3. The number of aliphatic carboxylic acids is 1. The first-order valence-corrected chi connectivity index (χ1v) is 23.9. The van der Waals surface area contributed by atoms with Gasteiger partial charge in [-0.2, -0.15) is 0 Å². The SMILES string of the molecule is C[C@H](CCC(=O)O)[C@H]1CC[C@H](C)[C@@H]2[C@H](O)C[C@@H]3C[C@@H](NC(=O)CCC(=O)Nc4ccc(C(Nc5ccccn5)C(c5ccccn5)C(O)c5ccccc5)cc4)CC[C@]3(C)[C@H]2C[C@H](O)C1. The van der Waals surface area contributed by atoms with Crippen LogP contribution in [0.4, 0.5) is 11.5 Å². The van der Waals surface area contributed by atoms with Crippen LogP contribution in [0.3, 0.4) is 0 Å². The van der Waals surface area contributed by atoms with Crippen LogP contribution in [0.25, 0.3) is 0 Å². The molecule has 348 valence electrons. The van der Waals surface area contributed by atoms with Gasteiger partial charge in [0, 0.05) is 49.1 Å². The lowest BCUT2D eigenvalue weighted by molar-refractivity contribution is -0.137. The maximum Gasteiger partial charge on any atom is 0.303 e. The number of rotatable bonds is 16. The zero-order chi connectivity index (χ0) is 46.1. The van der Waals surface area contributed by atoms with Crippen molar-refractivity contribution in [3.05, 3.63) is 120 Å². The molecule has 3 aliphatic rings. The van der Waals surface area contributed by atoms with E-state index in [1.54, 1.807) is 12.4 Å². The first-order valence-electron chi connectivity index (χ1n) is 23.9. The summed E-state index contributed by atoms with van der Waals surface area (Å²) in [5.74, 6) is 0.0491. The highest BCUT2D eigenvalue weighted by molar-refractivity contribution is 5.93. The molecule has 0 aliphatic heterocycles. The molecule has 65 heavy (non-hydrogen) atoms. The van der Waals surface area contributed by atoms with Crippen molar-refractivity contribution in [2.75, 3.05) is 10.6 Å². The number of amides is 2. The Labute approximate surface area is 384 Å². The van der Waals surface area contributed by atoms with E-state index in [-0.39, 0.29) is 78.0 Å². The van der Waals surface area contributed by atoms with Crippen molar-refractivity contribution in [3.63, 3.8) is 0 Å². The number of carboxylic acid groups (broad SMARTS) is 1. The van der Waals surface area contributed by atoms with Crippen LogP contribution in [0.15, 0.2) is 103 Å². The third-order valence-corrected chi connectivity index (χ3v) is 15.5. The Morgan fingerprint density at radius 2 is 1.49 bits per heavy atom. The van der Waals surface area contributed by atoms with E-state index in [4.69, 9.17) is 0 Å². The maximum atomic E-state index is 13.3. The minimum absolute atomic E-state index is 0.0183. The van der Waals surface area contributed by atoms with E-state index in [1.807, 2.05) is 91.0 Å². The number of hydrogen-bond acceptors (Lipinski definition) is 9. The lowest BCUT2D eigenvalue weighted by Crippen LogP contribution is -2.56. The van der Waals surface area contributed by atoms with E-state index >= 15 is 0 Å². The number of anilines is 2. The van der Waals surface area contributed by atoms with Crippen molar-refractivity contribution in [2.45, 2.75) is 134 Å². The van der Waals surface area contributed by atoms with E-state index in [1.165, 1.54) is 0 Å². The van der Waals surface area contributed by atoms with Crippen LogP contribution in [0.5, 0.6) is 0 Å². The topological polar surface area (TPSA) is 194 Å². The molecular formula is C53H69N5O7. The summed E-state index contributed by atoms with van der Waals surface area (Å²) < 4.78 is 0. The molecule has 0 radical (unpaired) electrons. The fraction of sp³-hybridized carbons (Fsp3) is 0.528. The number of carbonyl (C=O) groups is 3. The molecule has 0 bridgehead atoms. The van der Waals surface area contributed by atoms with Crippen molar-refractivity contribution >= 4 is 29.3 Å². The van der Waals surface area contributed by atoms with Crippen LogP contribution in [0.2, 0.25) is 0 Å². The third-order valence-electron chi connectivity index (χ3n) is 15.5. The first-order chi connectivity index (χ1) is 31.3. The molecule has 4 aromatic rings. The Bertz CT molecular complexity index is 2150. The van der Waals surface area contributed by atoms with Crippen molar-refractivity contribution < 1.29 is 34.8 Å². The van der Waals surface area contributed by atoms with Gasteiger partial charge in [0.05, 0.1) is 30.3 Å². The van der Waals surface area contributed by atoms with Crippen LogP contribution in [-0.4, -0.2) is 66.4 Å². The lowest BCUT2D eigenvalue weighted by atomic mass is 9.48. The molecule has 2 aromatic carbocycles. The molecule has 7 N–H and O–H groups in total. The molecule has 2 heterocycles. The molecule has 3 unspecified atom stereocenters. The smallest absolute Gasteiger partial charge is 0.303 e. The Kier molecular flexibility index (Phi) is 16.1. The van der Waals surface area contributed by atoms with Gasteiger partial charge in [0.15, 0.2) is 0 Å². The maximum absolute atomic E-state index is 13.3. The number of nitrogens with one attached hydrogen (secondary N) is 3. The Morgan fingerprint density at radius 1 is 0.785 bits per heavy atom. The van der Waals surface area contributed by atoms with Crippen molar-refractivity contribution in [1.29, 1.82) is 0 Å². The molecule has 7 rings (SSSR count). The molecule has 3 aliphatic carbocycles. The number of carboxylic acids is 1. The number of pyridine rings is 2. The highest BCUT2D eigenvalue weighted by Crippen LogP contribution is 2.59. The predicted molar refractivity (Wildman–Crippen MR) is 251 cm³/mol. The van der Waals surface area contributed by atoms with Crippen molar-refractivity contribution in [1.82, 2.24) is 15.3 Å². The number of aromatic nitrogens is 2. The second-order valence-corrected chi connectivity index (χ2v) is 19.7. The number of aliphatic hydroxyl groups excluding tert-OH is 3. The average molecular weight is 888 g/mol.